The van der Waals surface area contributed by atoms with Gasteiger partial charge in [0.2, 0.25) is 0 Å². The van der Waals surface area contributed by atoms with Gasteiger partial charge in [-0.3, -0.25) is 0 Å². The molecule has 0 aromatic rings. The fraction of sp³-hybridized carbons (Fsp3) is 0.667. The lowest BCUT2D eigenvalue weighted by Gasteiger charge is -2.21. The summed E-state index contributed by atoms with van der Waals surface area (Å²) < 4.78 is 5.44. The van der Waals surface area contributed by atoms with E-state index in [-0.39, 0.29) is 9.75 Å². The van der Waals surface area contributed by atoms with E-state index in [1.54, 1.807) is 0 Å². The second-order valence-electron chi connectivity index (χ2n) is 4.97. The van der Waals surface area contributed by atoms with Crippen molar-refractivity contribution >= 4 is 23.2 Å². The Bertz CT molecular complexity index is 217. The highest BCUT2D eigenvalue weighted by Gasteiger charge is 2.19. The molecule has 0 aliphatic carbocycles. The maximum absolute atomic E-state index is 6.05. The van der Waals surface area contributed by atoms with Gasteiger partial charge >= 0.3 is 0 Å². The van der Waals surface area contributed by atoms with Crippen LogP contribution in [0.2, 0.25) is 0 Å². The van der Waals surface area contributed by atoms with E-state index in [4.69, 9.17) is 27.9 Å². The Balaban J connectivity index is 4.04. The smallest absolute Gasteiger partial charge is 0.0981 e. The topological polar surface area (TPSA) is 9.23 Å². The van der Waals surface area contributed by atoms with Crippen LogP contribution in [-0.2, 0) is 4.74 Å². The van der Waals surface area contributed by atoms with Crippen LogP contribution in [0.5, 0.6) is 0 Å². The zero-order valence-corrected chi connectivity index (χ0v) is 11.5. The van der Waals surface area contributed by atoms with Gasteiger partial charge in [0.1, 0.15) is 0 Å². The van der Waals surface area contributed by atoms with E-state index in [0.717, 1.165) is 0 Å². The van der Waals surface area contributed by atoms with Crippen molar-refractivity contribution in [1.29, 1.82) is 0 Å². The van der Waals surface area contributed by atoms with Crippen molar-refractivity contribution in [1.82, 2.24) is 0 Å². The average Bonchev–Trinajstić information content (AvgIpc) is 1.73. The molecule has 0 fully saturated rings. The third-order valence-electron chi connectivity index (χ3n) is 1.52. The van der Waals surface area contributed by atoms with Crippen LogP contribution in [0.1, 0.15) is 40.5 Å². The molecule has 0 heterocycles. The molecule has 0 saturated heterocycles. The summed E-state index contributed by atoms with van der Waals surface area (Å²) >= 11 is 12.1. The number of ether oxygens (including phenoxy) is 1. The fourth-order valence-electron chi connectivity index (χ4n) is 1.21. The summed E-state index contributed by atoms with van der Waals surface area (Å²) in [5.74, 6) is 1.25. The third-order valence-corrected chi connectivity index (χ3v) is 1.79. The first-order valence-electron chi connectivity index (χ1n) is 4.91. The summed E-state index contributed by atoms with van der Waals surface area (Å²) in [7, 11) is 0. The van der Waals surface area contributed by atoms with Crippen LogP contribution in [-0.4, -0.2) is 9.75 Å². The molecule has 0 aliphatic rings. The van der Waals surface area contributed by atoms with Gasteiger partial charge in [0.15, 0.2) is 0 Å². The molecule has 0 unspecified atom stereocenters. The quantitative estimate of drug-likeness (QED) is 0.484. The maximum Gasteiger partial charge on any atom is 0.0981 e. The van der Waals surface area contributed by atoms with Gasteiger partial charge in [0, 0.05) is 22.6 Å². The zero-order valence-electron chi connectivity index (χ0n) is 9.99. The van der Waals surface area contributed by atoms with Gasteiger partial charge in [0.25, 0.3) is 0 Å². The van der Waals surface area contributed by atoms with Crippen molar-refractivity contribution in [2.24, 2.45) is 0 Å². The van der Waals surface area contributed by atoms with E-state index in [1.807, 2.05) is 27.7 Å². The molecule has 3 heteroatoms. The maximum atomic E-state index is 6.05. The van der Waals surface area contributed by atoms with Gasteiger partial charge in [-0.15, -0.1) is 23.2 Å². The summed E-state index contributed by atoms with van der Waals surface area (Å²) in [6.45, 7) is 15.3. The third kappa shape index (κ3) is 10.1. The van der Waals surface area contributed by atoms with Crippen molar-refractivity contribution in [2.45, 2.75) is 50.3 Å². The molecule has 0 amide bonds. The second-order valence-corrected chi connectivity index (χ2v) is 7.02. The van der Waals surface area contributed by atoms with E-state index in [9.17, 15) is 0 Å². The van der Waals surface area contributed by atoms with E-state index < -0.39 is 0 Å². The molecule has 0 spiro atoms. The predicted molar refractivity (Wildman–Crippen MR) is 68.5 cm³/mol. The first-order valence-corrected chi connectivity index (χ1v) is 5.66. The highest BCUT2D eigenvalue weighted by Crippen LogP contribution is 2.27. The number of allylic oxidation sites excluding steroid dienone is 2. The Kier molecular flexibility index (Phi) is 5.22. The Hall–Kier alpha value is -0.140. The number of hydrogen-bond donors (Lipinski definition) is 0. The van der Waals surface area contributed by atoms with Gasteiger partial charge < -0.3 is 4.74 Å². The Morgan fingerprint density at radius 3 is 1.40 bits per heavy atom. The molecule has 88 valence electrons. The Morgan fingerprint density at radius 2 is 1.20 bits per heavy atom. The molecule has 0 bridgehead atoms. The van der Waals surface area contributed by atoms with Crippen LogP contribution in [0, 0.1) is 0 Å². The Labute approximate surface area is 103 Å². The van der Waals surface area contributed by atoms with Crippen molar-refractivity contribution in [3.63, 3.8) is 0 Å². The molecule has 0 N–H and O–H groups in total. The van der Waals surface area contributed by atoms with Crippen molar-refractivity contribution in [3.8, 4) is 0 Å². The summed E-state index contributed by atoms with van der Waals surface area (Å²) in [6, 6.07) is 0. The normalized spacial score (nSPS) is 12.4. The molecule has 0 aliphatic heterocycles. The molecular weight excluding hydrogens is 231 g/mol. The second kappa shape index (κ2) is 5.27. The van der Waals surface area contributed by atoms with Crippen LogP contribution in [0.15, 0.2) is 24.7 Å². The summed E-state index contributed by atoms with van der Waals surface area (Å²) in [6.07, 6.45) is 1.19. The van der Waals surface area contributed by atoms with Crippen LogP contribution < -0.4 is 0 Å². The molecule has 0 rings (SSSR count). The van der Waals surface area contributed by atoms with Crippen LogP contribution in [0.25, 0.3) is 0 Å². The predicted octanol–water partition coefficient (Wildman–Crippen LogP) is 4.85. The minimum absolute atomic E-state index is 0.339. The van der Waals surface area contributed by atoms with Crippen LogP contribution >= 0.6 is 23.2 Å². The summed E-state index contributed by atoms with van der Waals surface area (Å²) in [4.78, 5) is -0.679. The van der Waals surface area contributed by atoms with Crippen LogP contribution in [0.3, 0.4) is 0 Å². The van der Waals surface area contributed by atoms with Gasteiger partial charge in [0.05, 0.1) is 11.5 Å². The minimum Gasteiger partial charge on any atom is -0.467 e. The Morgan fingerprint density at radius 1 is 0.933 bits per heavy atom. The van der Waals surface area contributed by atoms with Crippen LogP contribution in [0.4, 0.5) is 0 Å². The standard InChI is InChI=1S/C12H20Cl2O/c1-9(7-11(3,4)13)15-10(2)8-12(5,6)14/h1-2,7-8H2,3-6H3. The van der Waals surface area contributed by atoms with E-state index in [0.29, 0.717) is 24.4 Å². The molecule has 0 atom stereocenters. The van der Waals surface area contributed by atoms with Crippen molar-refractivity contribution < 1.29 is 4.74 Å². The fourth-order valence-corrected chi connectivity index (χ4v) is 1.51. The minimum atomic E-state index is -0.339. The first-order chi connectivity index (χ1) is 6.49. The van der Waals surface area contributed by atoms with E-state index in [2.05, 4.69) is 13.2 Å². The van der Waals surface area contributed by atoms with Crippen molar-refractivity contribution in [2.75, 3.05) is 0 Å². The largest absolute Gasteiger partial charge is 0.467 e. The van der Waals surface area contributed by atoms with Gasteiger partial charge in [-0.05, 0) is 27.7 Å². The average molecular weight is 251 g/mol. The highest BCUT2D eigenvalue weighted by atomic mass is 35.5. The first kappa shape index (κ1) is 14.9. The number of hydrogen-bond acceptors (Lipinski definition) is 1. The molecule has 0 aromatic carbocycles. The van der Waals surface area contributed by atoms with Crippen molar-refractivity contribution in [3.05, 3.63) is 24.7 Å². The number of halogens is 2. The molecule has 0 saturated carbocycles. The van der Waals surface area contributed by atoms with E-state index in [1.165, 1.54) is 0 Å². The SMILES string of the molecule is C=C(CC(C)(C)Cl)OC(=C)CC(C)(C)Cl. The lowest BCUT2D eigenvalue weighted by molar-refractivity contribution is 0.266. The lowest BCUT2D eigenvalue weighted by Crippen LogP contribution is -2.14. The number of rotatable bonds is 6. The molecule has 15 heavy (non-hydrogen) atoms. The molecule has 0 aromatic heterocycles. The summed E-state index contributed by atoms with van der Waals surface area (Å²) in [5, 5.41) is 0. The monoisotopic (exact) mass is 250 g/mol. The van der Waals surface area contributed by atoms with Gasteiger partial charge in [-0.2, -0.15) is 0 Å². The lowest BCUT2D eigenvalue weighted by atomic mass is 10.1. The summed E-state index contributed by atoms with van der Waals surface area (Å²) in [5.41, 5.74) is 0. The molecule has 1 nitrogen and oxygen atoms in total. The van der Waals surface area contributed by atoms with E-state index >= 15 is 0 Å². The highest BCUT2D eigenvalue weighted by molar-refractivity contribution is 6.23. The molecule has 0 radical (unpaired) electrons. The van der Waals surface area contributed by atoms with Gasteiger partial charge in [-0.1, -0.05) is 13.2 Å². The van der Waals surface area contributed by atoms with Gasteiger partial charge in [-0.25, -0.2) is 0 Å². The zero-order chi connectivity index (χ0) is 12.3. The molecular formula is C12H20Cl2O. The number of alkyl halides is 2.